The Balaban J connectivity index is 2.25. The quantitative estimate of drug-likeness (QED) is 0.761. The second kappa shape index (κ2) is 5.25. The van der Waals surface area contributed by atoms with Crippen molar-refractivity contribution in [1.82, 2.24) is 4.72 Å². The molecule has 0 radical (unpaired) electrons. The van der Waals surface area contributed by atoms with Gasteiger partial charge in [-0.25, -0.2) is 8.42 Å². The number of carbonyl (C=O) groups excluding carboxylic acids is 1. The summed E-state index contributed by atoms with van der Waals surface area (Å²) < 4.78 is 42.5. The number of ketones is 1. The number of carbonyl (C=O) groups is 2. The van der Waals surface area contributed by atoms with Crippen molar-refractivity contribution in [2.45, 2.75) is 11.8 Å². The maximum absolute atomic E-state index is 12.5. The number of Topliss-reactive ketones (excluding diaryl/α,β-unsaturated/α-hetero) is 1. The first-order chi connectivity index (χ1) is 10.8. The van der Waals surface area contributed by atoms with Gasteiger partial charge in [0, 0.05) is 18.4 Å². The lowest BCUT2D eigenvalue weighted by molar-refractivity contribution is -0.135. The Kier molecular flexibility index (Phi) is 3.49. The summed E-state index contributed by atoms with van der Waals surface area (Å²) in [4.78, 5) is 21.7. The molecule has 0 aliphatic carbocycles. The fourth-order valence-corrected chi connectivity index (χ4v) is 3.48. The van der Waals surface area contributed by atoms with E-state index in [-0.39, 0.29) is 45.7 Å². The Labute approximate surface area is 129 Å². The lowest BCUT2D eigenvalue weighted by atomic mass is 10.2. The molecule has 9 nitrogen and oxygen atoms in total. The zero-order valence-electron chi connectivity index (χ0n) is 11.8. The van der Waals surface area contributed by atoms with Gasteiger partial charge in [0.25, 0.3) is 0 Å². The molecular formula is C13H11NO8S. The van der Waals surface area contributed by atoms with Gasteiger partial charge in [-0.3, -0.25) is 9.59 Å². The molecule has 3 rings (SSSR count). The van der Waals surface area contributed by atoms with E-state index in [0.717, 1.165) is 0 Å². The molecule has 0 atom stereocenters. The Morgan fingerprint density at radius 1 is 1.30 bits per heavy atom. The summed E-state index contributed by atoms with van der Waals surface area (Å²) >= 11 is 0. The smallest absolute Gasteiger partial charge is 0.318 e. The Morgan fingerprint density at radius 2 is 2.04 bits per heavy atom. The van der Waals surface area contributed by atoms with Gasteiger partial charge >= 0.3 is 5.97 Å². The maximum Gasteiger partial charge on any atom is 0.318 e. The molecule has 10 heteroatoms. The van der Waals surface area contributed by atoms with E-state index in [1.807, 2.05) is 4.72 Å². The van der Waals surface area contributed by atoms with Gasteiger partial charge in [-0.2, -0.15) is 4.72 Å². The Bertz CT molecular complexity index is 927. The normalized spacial score (nSPS) is 13.4. The van der Waals surface area contributed by atoms with E-state index in [1.165, 1.54) is 19.1 Å². The summed E-state index contributed by atoms with van der Waals surface area (Å²) in [5, 5.41) is 8.77. The molecule has 1 aromatic heterocycles. The van der Waals surface area contributed by atoms with Gasteiger partial charge in [-0.1, -0.05) is 0 Å². The van der Waals surface area contributed by atoms with Crippen LogP contribution >= 0.6 is 0 Å². The van der Waals surface area contributed by atoms with Crippen LogP contribution in [0.3, 0.4) is 0 Å². The van der Waals surface area contributed by atoms with Gasteiger partial charge < -0.3 is 19.0 Å². The topological polar surface area (TPSA) is 132 Å². The number of aliphatic carboxylic acids is 1. The monoisotopic (exact) mass is 341 g/mol. The van der Waals surface area contributed by atoms with Crippen molar-refractivity contribution in [1.29, 1.82) is 0 Å². The molecule has 2 aromatic rings. The molecule has 1 aliphatic rings. The first-order valence-electron chi connectivity index (χ1n) is 6.38. The maximum atomic E-state index is 12.5. The van der Waals surface area contributed by atoms with E-state index >= 15 is 0 Å². The Morgan fingerprint density at radius 3 is 2.70 bits per heavy atom. The molecule has 0 bridgehead atoms. The molecule has 1 aliphatic heterocycles. The van der Waals surface area contributed by atoms with Crippen LogP contribution in [0, 0.1) is 0 Å². The lowest BCUT2D eigenvalue weighted by Gasteiger charge is -2.08. The van der Waals surface area contributed by atoms with Gasteiger partial charge in [0.1, 0.15) is 17.0 Å². The fraction of sp³-hybridized carbons (Fsp3) is 0.231. The van der Waals surface area contributed by atoms with Gasteiger partial charge in [0.05, 0.1) is 0 Å². The zero-order valence-corrected chi connectivity index (χ0v) is 12.6. The number of nitrogens with one attached hydrogen (secondary N) is 1. The zero-order chi connectivity index (χ0) is 16.8. The predicted molar refractivity (Wildman–Crippen MR) is 75.2 cm³/mol. The van der Waals surface area contributed by atoms with Crippen molar-refractivity contribution >= 4 is 32.7 Å². The highest BCUT2D eigenvalue weighted by Crippen LogP contribution is 2.44. The average Bonchev–Trinajstić information content (AvgIpc) is 3.07. The number of sulfonamides is 1. The van der Waals surface area contributed by atoms with E-state index in [4.69, 9.17) is 19.0 Å². The van der Waals surface area contributed by atoms with Crippen molar-refractivity contribution in [2.75, 3.05) is 13.3 Å². The Hall–Kier alpha value is -2.59. The van der Waals surface area contributed by atoms with E-state index in [2.05, 4.69) is 0 Å². The minimum absolute atomic E-state index is 0.0293. The minimum Gasteiger partial charge on any atom is -0.480 e. The average molecular weight is 341 g/mol. The lowest BCUT2D eigenvalue weighted by Crippen LogP contribution is -2.29. The molecule has 0 unspecified atom stereocenters. The molecule has 0 fully saturated rings. The number of fused-ring (bicyclic) bond motifs is 2. The highest BCUT2D eigenvalue weighted by molar-refractivity contribution is 7.89. The third-order valence-corrected chi connectivity index (χ3v) is 4.61. The largest absolute Gasteiger partial charge is 0.480 e. The van der Waals surface area contributed by atoms with Crippen LogP contribution in [0.1, 0.15) is 17.5 Å². The number of carboxylic acids is 1. The summed E-state index contributed by atoms with van der Waals surface area (Å²) in [6.45, 7) is 0.296. The number of furan rings is 1. The number of hydrogen-bond donors (Lipinski definition) is 2. The third kappa shape index (κ3) is 2.62. The van der Waals surface area contributed by atoms with Crippen molar-refractivity contribution < 1.29 is 37.0 Å². The summed E-state index contributed by atoms with van der Waals surface area (Å²) in [6, 6.07) is 2.69. The second-order valence-electron chi connectivity index (χ2n) is 4.74. The van der Waals surface area contributed by atoms with E-state index in [1.54, 1.807) is 0 Å². The number of benzene rings is 1. The van der Waals surface area contributed by atoms with Crippen LogP contribution < -0.4 is 14.2 Å². The van der Waals surface area contributed by atoms with E-state index < -0.39 is 22.5 Å². The number of rotatable bonds is 5. The van der Waals surface area contributed by atoms with Crippen LogP contribution in [0.25, 0.3) is 11.0 Å². The molecule has 122 valence electrons. The van der Waals surface area contributed by atoms with Crippen LogP contribution in [0.4, 0.5) is 0 Å². The van der Waals surface area contributed by atoms with Crippen molar-refractivity contribution in [3.05, 3.63) is 17.9 Å². The molecule has 1 aromatic carbocycles. The van der Waals surface area contributed by atoms with Gasteiger partial charge in [0.15, 0.2) is 23.0 Å². The molecule has 0 saturated heterocycles. The minimum atomic E-state index is -4.23. The fourth-order valence-electron chi connectivity index (χ4n) is 2.17. The van der Waals surface area contributed by atoms with E-state index in [9.17, 15) is 18.0 Å². The van der Waals surface area contributed by atoms with Crippen molar-refractivity contribution in [3.8, 4) is 11.5 Å². The summed E-state index contributed by atoms with van der Waals surface area (Å²) in [5.41, 5.74) is 0.121. The molecule has 0 spiro atoms. The van der Waals surface area contributed by atoms with E-state index in [0.29, 0.717) is 0 Å². The number of ether oxygens (including phenoxy) is 2. The van der Waals surface area contributed by atoms with Crippen molar-refractivity contribution in [2.24, 2.45) is 0 Å². The molecule has 0 saturated carbocycles. The third-order valence-electron chi connectivity index (χ3n) is 3.14. The van der Waals surface area contributed by atoms with Gasteiger partial charge in [-0.15, -0.1) is 0 Å². The number of hydrogen-bond acceptors (Lipinski definition) is 7. The van der Waals surface area contributed by atoms with Crippen LogP contribution in [0.15, 0.2) is 21.4 Å². The molecule has 0 amide bonds. The SMILES string of the molecule is CC(=O)c1cc2c(S(=O)(=O)NCC(=O)O)c3c(cc2o1)OCO3. The summed E-state index contributed by atoms with van der Waals surface area (Å²) in [5.74, 6) is -1.67. The number of carboxylic acid groups (broad SMARTS) is 1. The molecule has 2 heterocycles. The van der Waals surface area contributed by atoms with Crippen LogP contribution in [0.5, 0.6) is 11.5 Å². The molecule has 2 N–H and O–H groups in total. The standard InChI is InChI=1S/C13H11NO8S/c1-6(15)8-2-7-9(22-8)3-10-12(21-5-20-10)13(7)23(18,19)14-4-11(16)17/h2-3,14H,4-5H2,1H3,(H,16,17). The van der Waals surface area contributed by atoms with Crippen LogP contribution in [0.2, 0.25) is 0 Å². The first-order valence-corrected chi connectivity index (χ1v) is 7.86. The first kappa shape index (κ1) is 15.3. The highest BCUT2D eigenvalue weighted by atomic mass is 32.2. The second-order valence-corrected chi connectivity index (χ2v) is 6.44. The van der Waals surface area contributed by atoms with Gasteiger partial charge in [-0.05, 0) is 6.07 Å². The van der Waals surface area contributed by atoms with Crippen molar-refractivity contribution in [3.63, 3.8) is 0 Å². The predicted octanol–water partition coefficient (Wildman–Crippen LogP) is 0.727. The van der Waals surface area contributed by atoms with Crippen LogP contribution in [-0.4, -0.2) is 38.6 Å². The van der Waals surface area contributed by atoms with Crippen LogP contribution in [-0.2, 0) is 14.8 Å². The molecular weight excluding hydrogens is 330 g/mol. The summed E-state index contributed by atoms with van der Waals surface area (Å²) in [6.07, 6.45) is 0. The summed E-state index contributed by atoms with van der Waals surface area (Å²) in [7, 11) is -4.23. The molecule has 23 heavy (non-hydrogen) atoms. The highest BCUT2D eigenvalue weighted by Gasteiger charge is 2.32. The van der Waals surface area contributed by atoms with Gasteiger partial charge in [0.2, 0.25) is 16.8 Å².